The molecule has 5 rings (SSSR count). The summed E-state index contributed by atoms with van der Waals surface area (Å²) in [6.45, 7) is 0.978. The van der Waals surface area contributed by atoms with E-state index in [9.17, 15) is 14.4 Å². The second kappa shape index (κ2) is 7.67. The normalized spacial score (nSPS) is 23.3. The number of benzene rings is 1. The third kappa shape index (κ3) is 3.20. The molecular weight excluding hydrogens is 378 g/mol. The van der Waals surface area contributed by atoms with Crippen LogP contribution in [0.5, 0.6) is 0 Å². The maximum Gasteiger partial charge on any atom is 0.261 e. The number of hydrogen-bond donors (Lipinski definition) is 0. The van der Waals surface area contributed by atoms with Crippen LogP contribution in [-0.4, -0.2) is 45.1 Å². The van der Waals surface area contributed by atoms with Crippen LogP contribution in [0, 0.1) is 5.92 Å². The Labute approximate surface area is 175 Å². The topological polar surface area (TPSA) is 70.6 Å². The number of carbonyl (C=O) groups excluding carboxylic acids is 3. The smallest absolute Gasteiger partial charge is 0.261 e. The van der Waals surface area contributed by atoms with Crippen molar-refractivity contribution in [1.82, 2.24) is 14.8 Å². The van der Waals surface area contributed by atoms with Gasteiger partial charge in [0.2, 0.25) is 0 Å². The van der Waals surface area contributed by atoms with Crippen molar-refractivity contribution in [3.63, 3.8) is 0 Å². The van der Waals surface area contributed by atoms with Crippen LogP contribution in [0.4, 0.5) is 0 Å². The predicted octanol–water partition coefficient (Wildman–Crippen LogP) is 3.67. The summed E-state index contributed by atoms with van der Waals surface area (Å²) in [5.41, 5.74) is 2.05. The van der Waals surface area contributed by atoms with E-state index in [-0.39, 0.29) is 24.3 Å². The number of pyridine rings is 1. The highest BCUT2D eigenvalue weighted by molar-refractivity contribution is 6.22. The van der Waals surface area contributed by atoms with E-state index in [1.807, 2.05) is 4.90 Å². The number of rotatable bonds is 3. The van der Waals surface area contributed by atoms with Gasteiger partial charge in [-0.2, -0.15) is 0 Å². The average Bonchev–Trinajstić information content (AvgIpc) is 3.03. The second-order valence-corrected chi connectivity index (χ2v) is 8.56. The third-order valence-electron chi connectivity index (χ3n) is 6.81. The largest absolute Gasteiger partial charge is 0.335 e. The molecule has 1 saturated heterocycles. The summed E-state index contributed by atoms with van der Waals surface area (Å²) in [7, 11) is 0. The standard InChI is InChI=1S/C24H25N3O3/c28-22(26-13-3-5-17-4-1-2-6-21(17)26)18-7-8-19-20(14-18)24(30)27(23(19)29)15-16-9-11-25-12-10-16/h7-12,14,17,21H,1-6,13,15H2/t17-,21+/m1/s1. The van der Waals surface area contributed by atoms with Crippen LogP contribution in [0.2, 0.25) is 0 Å². The minimum absolute atomic E-state index is 0.0118. The van der Waals surface area contributed by atoms with Crippen molar-refractivity contribution >= 4 is 17.7 Å². The van der Waals surface area contributed by atoms with Gasteiger partial charge in [0.1, 0.15) is 0 Å². The highest BCUT2D eigenvalue weighted by Crippen LogP contribution is 2.36. The summed E-state index contributed by atoms with van der Waals surface area (Å²) in [6, 6.07) is 8.85. The molecule has 0 unspecified atom stereocenters. The second-order valence-electron chi connectivity index (χ2n) is 8.56. The Kier molecular flexibility index (Phi) is 4.85. The first-order valence-electron chi connectivity index (χ1n) is 10.8. The maximum atomic E-state index is 13.3. The Morgan fingerprint density at radius 1 is 0.933 bits per heavy atom. The summed E-state index contributed by atoms with van der Waals surface area (Å²) in [5, 5.41) is 0. The zero-order valence-electron chi connectivity index (χ0n) is 16.9. The van der Waals surface area contributed by atoms with Gasteiger partial charge in [-0.05, 0) is 67.5 Å². The maximum absolute atomic E-state index is 13.3. The number of nitrogens with zero attached hydrogens (tertiary/aromatic N) is 3. The first-order valence-corrected chi connectivity index (χ1v) is 10.8. The lowest BCUT2D eigenvalue weighted by molar-refractivity contribution is 0.0390. The van der Waals surface area contributed by atoms with E-state index in [4.69, 9.17) is 0 Å². The molecule has 1 aromatic heterocycles. The zero-order chi connectivity index (χ0) is 20.7. The molecule has 30 heavy (non-hydrogen) atoms. The molecule has 1 aromatic carbocycles. The van der Waals surface area contributed by atoms with E-state index in [0.29, 0.717) is 28.7 Å². The number of hydrogen-bond acceptors (Lipinski definition) is 4. The lowest BCUT2D eigenvalue weighted by Crippen LogP contribution is -2.49. The van der Waals surface area contributed by atoms with Gasteiger partial charge in [0.05, 0.1) is 17.7 Å². The Balaban J connectivity index is 1.39. The lowest BCUT2D eigenvalue weighted by Gasteiger charge is -2.44. The summed E-state index contributed by atoms with van der Waals surface area (Å²) < 4.78 is 0. The number of aromatic nitrogens is 1. The Bertz CT molecular complexity index is 1000. The molecule has 6 nitrogen and oxygen atoms in total. The molecule has 3 amide bonds. The number of likely N-dealkylation sites (tertiary alicyclic amines) is 1. The van der Waals surface area contributed by atoms with Crippen molar-refractivity contribution < 1.29 is 14.4 Å². The quantitative estimate of drug-likeness (QED) is 0.733. The lowest BCUT2D eigenvalue weighted by atomic mass is 9.78. The Hall–Kier alpha value is -3.02. The van der Waals surface area contributed by atoms with Crippen molar-refractivity contribution in [2.75, 3.05) is 6.54 Å². The van der Waals surface area contributed by atoms with E-state index in [1.54, 1.807) is 42.7 Å². The van der Waals surface area contributed by atoms with Crippen molar-refractivity contribution in [3.8, 4) is 0 Å². The molecule has 0 radical (unpaired) electrons. The van der Waals surface area contributed by atoms with Gasteiger partial charge in [-0.25, -0.2) is 0 Å². The van der Waals surface area contributed by atoms with Gasteiger partial charge in [-0.1, -0.05) is 12.8 Å². The highest BCUT2D eigenvalue weighted by Gasteiger charge is 2.38. The van der Waals surface area contributed by atoms with E-state index in [0.717, 1.165) is 24.9 Å². The predicted molar refractivity (Wildman–Crippen MR) is 111 cm³/mol. The molecule has 154 valence electrons. The first-order chi connectivity index (χ1) is 14.6. The molecule has 2 aliphatic heterocycles. The van der Waals surface area contributed by atoms with Gasteiger partial charge in [0.25, 0.3) is 17.7 Å². The van der Waals surface area contributed by atoms with Gasteiger partial charge < -0.3 is 4.90 Å². The molecule has 0 bridgehead atoms. The minimum Gasteiger partial charge on any atom is -0.335 e. The monoisotopic (exact) mass is 403 g/mol. The third-order valence-corrected chi connectivity index (χ3v) is 6.81. The fraction of sp³-hybridized carbons (Fsp3) is 0.417. The number of fused-ring (bicyclic) bond motifs is 2. The molecule has 1 saturated carbocycles. The summed E-state index contributed by atoms with van der Waals surface area (Å²) in [5.74, 6) is -0.0565. The van der Waals surface area contributed by atoms with Crippen molar-refractivity contribution in [1.29, 1.82) is 0 Å². The van der Waals surface area contributed by atoms with Gasteiger partial charge in [-0.15, -0.1) is 0 Å². The van der Waals surface area contributed by atoms with Gasteiger partial charge in [-0.3, -0.25) is 24.3 Å². The molecule has 3 heterocycles. The van der Waals surface area contributed by atoms with Crippen molar-refractivity contribution in [3.05, 3.63) is 65.0 Å². The van der Waals surface area contributed by atoms with Crippen LogP contribution in [0.1, 0.15) is 75.2 Å². The van der Waals surface area contributed by atoms with E-state index in [1.165, 1.54) is 30.6 Å². The van der Waals surface area contributed by atoms with E-state index >= 15 is 0 Å². The summed E-state index contributed by atoms with van der Waals surface area (Å²) in [6.07, 6.45) is 10.2. The molecule has 0 N–H and O–H groups in total. The molecule has 2 atom stereocenters. The SMILES string of the molecule is O=C1c2ccc(C(=O)N3CCC[C@H]4CCCC[C@@H]43)cc2C(=O)N1Cc1ccncc1. The molecule has 2 aromatic rings. The fourth-order valence-corrected chi connectivity index (χ4v) is 5.28. The van der Waals surface area contributed by atoms with Crippen LogP contribution in [0.25, 0.3) is 0 Å². The molecule has 0 spiro atoms. The Morgan fingerprint density at radius 3 is 2.50 bits per heavy atom. The number of amides is 3. The van der Waals surface area contributed by atoms with Crippen molar-refractivity contribution in [2.45, 2.75) is 51.1 Å². The molecule has 3 aliphatic rings. The average molecular weight is 403 g/mol. The van der Waals surface area contributed by atoms with E-state index < -0.39 is 0 Å². The molecule has 6 heteroatoms. The van der Waals surface area contributed by atoms with Gasteiger partial charge in [0, 0.05) is 30.5 Å². The fourth-order valence-electron chi connectivity index (χ4n) is 5.28. The molecular formula is C24H25N3O3. The van der Waals surface area contributed by atoms with Gasteiger partial charge in [0.15, 0.2) is 0 Å². The first kappa shape index (κ1) is 19.0. The summed E-state index contributed by atoms with van der Waals surface area (Å²) >= 11 is 0. The number of carbonyl (C=O) groups is 3. The molecule has 1 aliphatic carbocycles. The number of piperidine rings is 1. The van der Waals surface area contributed by atoms with Crippen LogP contribution in [-0.2, 0) is 6.54 Å². The highest BCUT2D eigenvalue weighted by atomic mass is 16.2. The van der Waals surface area contributed by atoms with E-state index in [2.05, 4.69) is 4.98 Å². The van der Waals surface area contributed by atoms with Crippen LogP contribution < -0.4 is 0 Å². The van der Waals surface area contributed by atoms with Crippen molar-refractivity contribution in [2.24, 2.45) is 5.92 Å². The van der Waals surface area contributed by atoms with Gasteiger partial charge >= 0.3 is 0 Å². The number of imide groups is 1. The van der Waals surface area contributed by atoms with Crippen LogP contribution in [0.3, 0.4) is 0 Å². The Morgan fingerprint density at radius 2 is 1.67 bits per heavy atom. The zero-order valence-corrected chi connectivity index (χ0v) is 16.9. The van der Waals surface area contributed by atoms with Crippen LogP contribution >= 0.6 is 0 Å². The minimum atomic E-state index is -0.337. The summed E-state index contributed by atoms with van der Waals surface area (Å²) in [4.78, 5) is 46.3. The van der Waals surface area contributed by atoms with Crippen LogP contribution in [0.15, 0.2) is 42.7 Å². The molecule has 2 fully saturated rings.